The van der Waals surface area contributed by atoms with Gasteiger partial charge in [-0.2, -0.15) is 5.10 Å². The van der Waals surface area contributed by atoms with Crippen LogP contribution in [0.2, 0.25) is 0 Å². The van der Waals surface area contributed by atoms with Crippen LogP contribution in [0.3, 0.4) is 0 Å². The highest BCUT2D eigenvalue weighted by Gasteiger charge is 2.34. The maximum Gasteiger partial charge on any atom is 0.274 e. The number of H-pyrrole nitrogens is 1. The first-order valence-electron chi connectivity index (χ1n) is 8.08. The fraction of sp³-hybridized carbons (Fsp3) is 0.100. The van der Waals surface area contributed by atoms with E-state index >= 15 is 0 Å². The Balaban J connectivity index is 1.71. The first-order chi connectivity index (χ1) is 12.2. The molecule has 2 aromatic carbocycles. The number of hydrazone groups is 1. The van der Waals surface area contributed by atoms with Crippen LogP contribution < -0.4 is 0 Å². The molecule has 1 atom stereocenters. The lowest BCUT2D eigenvalue weighted by atomic mass is 10.0. The number of nitrogens with zero attached hydrogens (tertiary/aromatic N) is 2. The Morgan fingerprint density at radius 2 is 1.80 bits per heavy atom. The summed E-state index contributed by atoms with van der Waals surface area (Å²) in [7, 11) is 0. The van der Waals surface area contributed by atoms with Crippen molar-refractivity contribution in [2.75, 3.05) is 0 Å². The molecule has 5 heteroatoms. The van der Waals surface area contributed by atoms with Crippen molar-refractivity contribution in [2.24, 2.45) is 5.10 Å². The van der Waals surface area contributed by atoms with Gasteiger partial charge in [-0.25, -0.2) is 5.01 Å². The molecular formula is C20H16BrN3O. The lowest BCUT2D eigenvalue weighted by molar-refractivity contribution is 0.0708. The Kier molecular flexibility index (Phi) is 4.24. The van der Waals surface area contributed by atoms with Gasteiger partial charge in [-0.1, -0.05) is 46.3 Å². The molecule has 1 N–H and O–H groups in total. The maximum atomic E-state index is 13.0. The van der Waals surface area contributed by atoms with E-state index in [0.29, 0.717) is 12.0 Å². The number of hydrogen-bond donors (Lipinski definition) is 1. The zero-order chi connectivity index (χ0) is 17.2. The molecule has 1 aliphatic rings. The van der Waals surface area contributed by atoms with Gasteiger partial charge < -0.3 is 4.98 Å². The third-order valence-electron chi connectivity index (χ3n) is 4.30. The molecule has 0 fully saturated rings. The van der Waals surface area contributed by atoms with Gasteiger partial charge >= 0.3 is 0 Å². The van der Waals surface area contributed by atoms with E-state index in [2.05, 4.69) is 26.0 Å². The monoisotopic (exact) mass is 393 g/mol. The summed E-state index contributed by atoms with van der Waals surface area (Å²) in [6, 6.07) is 21.1. The van der Waals surface area contributed by atoms with E-state index < -0.39 is 0 Å². The molecule has 1 aliphatic heterocycles. The minimum atomic E-state index is -0.124. The number of carbonyl (C=O) groups excluding carboxylic acids is 1. The third-order valence-corrected chi connectivity index (χ3v) is 4.83. The van der Waals surface area contributed by atoms with Gasteiger partial charge in [0.25, 0.3) is 5.91 Å². The van der Waals surface area contributed by atoms with Gasteiger partial charge in [-0.3, -0.25) is 4.79 Å². The van der Waals surface area contributed by atoms with Gasteiger partial charge in [0.05, 0.1) is 5.71 Å². The van der Waals surface area contributed by atoms with Gasteiger partial charge in [-0.15, -0.1) is 0 Å². The van der Waals surface area contributed by atoms with Gasteiger partial charge in [-0.05, 0) is 42.0 Å². The van der Waals surface area contributed by atoms with Crippen LogP contribution in [-0.2, 0) is 0 Å². The predicted molar refractivity (Wildman–Crippen MR) is 101 cm³/mol. The highest BCUT2D eigenvalue weighted by Crippen LogP contribution is 2.33. The van der Waals surface area contributed by atoms with E-state index in [1.807, 2.05) is 72.9 Å². The van der Waals surface area contributed by atoms with Crippen molar-refractivity contribution >= 4 is 27.5 Å². The van der Waals surface area contributed by atoms with E-state index in [1.54, 1.807) is 5.01 Å². The van der Waals surface area contributed by atoms with Gasteiger partial charge in [0, 0.05) is 28.3 Å². The first-order valence-corrected chi connectivity index (χ1v) is 8.87. The molecule has 0 bridgehead atoms. The predicted octanol–water partition coefficient (Wildman–Crippen LogP) is 4.77. The summed E-state index contributed by atoms with van der Waals surface area (Å²) in [4.78, 5) is 16.2. The van der Waals surface area contributed by atoms with Crippen LogP contribution in [0.15, 0.2) is 82.5 Å². The van der Waals surface area contributed by atoms with Gasteiger partial charge in [0.1, 0.15) is 6.04 Å². The van der Waals surface area contributed by atoms with Crippen LogP contribution in [0.25, 0.3) is 0 Å². The summed E-state index contributed by atoms with van der Waals surface area (Å²) in [6.45, 7) is 0. The molecule has 1 amide bonds. The number of benzene rings is 2. The molecule has 1 aromatic heterocycles. The molecule has 0 spiro atoms. The average molecular weight is 394 g/mol. The summed E-state index contributed by atoms with van der Waals surface area (Å²) in [6.07, 6.45) is 2.55. The minimum Gasteiger partial charge on any atom is -0.363 e. The smallest absolute Gasteiger partial charge is 0.274 e. The Labute approximate surface area is 154 Å². The van der Waals surface area contributed by atoms with Crippen molar-refractivity contribution < 1.29 is 4.79 Å². The topological polar surface area (TPSA) is 48.5 Å². The van der Waals surface area contributed by atoms with Crippen molar-refractivity contribution in [3.8, 4) is 0 Å². The van der Waals surface area contributed by atoms with Crippen LogP contribution in [0.4, 0.5) is 0 Å². The Hall–Kier alpha value is -2.66. The van der Waals surface area contributed by atoms with Gasteiger partial charge in [0.2, 0.25) is 0 Å². The highest BCUT2D eigenvalue weighted by molar-refractivity contribution is 9.10. The maximum absolute atomic E-state index is 13.0. The van der Waals surface area contributed by atoms with Crippen LogP contribution in [-0.4, -0.2) is 21.6 Å². The van der Waals surface area contributed by atoms with Crippen LogP contribution in [0, 0.1) is 0 Å². The van der Waals surface area contributed by atoms with Crippen molar-refractivity contribution in [2.45, 2.75) is 12.5 Å². The Morgan fingerprint density at radius 3 is 2.48 bits per heavy atom. The zero-order valence-electron chi connectivity index (χ0n) is 13.4. The van der Waals surface area contributed by atoms with E-state index in [9.17, 15) is 4.79 Å². The fourth-order valence-electron chi connectivity index (χ4n) is 3.02. The van der Waals surface area contributed by atoms with Crippen LogP contribution in [0.5, 0.6) is 0 Å². The zero-order valence-corrected chi connectivity index (χ0v) is 15.0. The molecule has 4 nitrogen and oxygen atoms in total. The Bertz CT molecular complexity index is 902. The van der Waals surface area contributed by atoms with Gasteiger partial charge in [0.15, 0.2) is 0 Å². The third kappa shape index (κ3) is 3.15. The highest BCUT2D eigenvalue weighted by atomic mass is 79.9. The fourth-order valence-corrected chi connectivity index (χ4v) is 3.29. The molecule has 2 heterocycles. The standard InChI is InChI=1S/C20H16BrN3O/c21-16-10-8-14(9-11-16)18-13-19(17-7-4-12-22-17)24(23-18)20(25)15-5-2-1-3-6-15/h1-12,19,22H,13H2. The number of amides is 1. The van der Waals surface area contributed by atoms with Crippen LogP contribution >= 0.6 is 15.9 Å². The van der Waals surface area contributed by atoms with E-state index in [1.165, 1.54) is 0 Å². The number of nitrogens with one attached hydrogen (secondary N) is 1. The number of aromatic amines is 1. The van der Waals surface area contributed by atoms with Crippen molar-refractivity contribution in [1.82, 2.24) is 9.99 Å². The van der Waals surface area contributed by atoms with E-state index in [-0.39, 0.29) is 11.9 Å². The summed E-state index contributed by atoms with van der Waals surface area (Å²) in [5.74, 6) is -0.0905. The van der Waals surface area contributed by atoms with Crippen LogP contribution in [0.1, 0.15) is 34.1 Å². The van der Waals surface area contributed by atoms with Crippen molar-refractivity contribution in [1.29, 1.82) is 0 Å². The van der Waals surface area contributed by atoms with Crippen molar-refractivity contribution in [3.63, 3.8) is 0 Å². The molecule has 124 valence electrons. The molecule has 3 aromatic rings. The Morgan fingerprint density at radius 1 is 1.04 bits per heavy atom. The second kappa shape index (κ2) is 6.69. The quantitative estimate of drug-likeness (QED) is 0.684. The molecule has 1 unspecified atom stereocenters. The average Bonchev–Trinajstić information content (AvgIpc) is 3.32. The summed E-state index contributed by atoms with van der Waals surface area (Å²) in [5, 5.41) is 6.26. The lowest BCUT2D eigenvalue weighted by Crippen LogP contribution is -2.27. The largest absolute Gasteiger partial charge is 0.363 e. The normalized spacial score (nSPS) is 16.8. The number of carbonyl (C=O) groups is 1. The van der Waals surface area contributed by atoms with E-state index in [0.717, 1.165) is 21.4 Å². The molecule has 0 radical (unpaired) electrons. The summed E-state index contributed by atoms with van der Waals surface area (Å²) < 4.78 is 1.02. The number of hydrogen-bond acceptors (Lipinski definition) is 2. The molecular weight excluding hydrogens is 378 g/mol. The summed E-state index contributed by atoms with van der Waals surface area (Å²) >= 11 is 3.45. The molecule has 0 saturated carbocycles. The first kappa shape index (κ1) is 15.8. The molecule has 25 heavy (non-hydrogen) atoms. The second-order valence-corrected chi connectivity index (χ2v) is 6.83. The molecule has 4 rings (SSSR count). The molecule has 0 aliphatic carbocycles. The lowest BCUT2D eigenvalue weighted by Gasteiger charge is -2.20. The summed E-state index contributed by atoms with van der Waals surface area (Å²) in [5.41, 5.74) is 3.57. The number of aromatic nitrogens is 1. The number of halogens is 1. The molecule has 0 saturated heterocycles. The number of rotatable bonds is 3. The second-order valence-electron chi connectivity index (χ2n) is 5.91. The minimum absolute atomic E-state index is 0.0905. The van der Waals surface area contributed by atoms with E-state index in [4.69, 9.17) is 0 Å². The van der Waals surface area contributed by atoms with Crippen molar-refractivity contribution in [3.05, 3.63) is 94.2 Å². The SMILES string of the molecule is O=C(c1ccccc1)N1N=C(c2ccc(Br)cc2)CC1c1ccc[nH]1.